The van der Waals surface area contributed by atoms with E-state index >= 15 is 0 Å². The van der Waals surface area contributed by atoms with E-state index in [4.69, 9.17) is 4.74 Å². The number of carbonyl (C=O) groups excluding carboxylic acids is 1. The van der Waals surface area contributed by atoms with Gasteiger partial charge in [-0.15, -0.1) is 0 Å². The fourth-order valence-corrected chi connectivity index (χ4v) is 1.13. The van der Waals surface area contributed by atoms with Gasteiger partial charge in [0.1, 0.15) is 12.4 Å². The van der Waals surface area contributed by atoms with Crippen LogP contribution in [0.1, 0.15) is 26.7 Å². The molecular formula is C8H14O2. The Kier molecular flexibility index (Phi) is 2.09. The van der Waals surface area contributed by atoms with Gasteiger partial charge >= 0.3 is 0 Å². The molecule has 0 aromatic carbocycles. The predicted molar refractivity (Wildman–Crippen MR) is 38.8 cm³/mol. The van der Waals surface area contributed by atoms with Gasteiger partial charge in [-0.3, -0.25) is 0 Å². The first kappa shape index (κ1) is 7.73. The third-order valence-corrected chi connectivity index (χ3v) is 1.95. The van der Waals surface area contributed by atoms with Crippen molar-refractivity contribution in [3.05, 3.63) is 0 Å². The number of hydrogen-bond acceptors (Lipinski definition) is 2. The highest BCUT2D eigenvalue weighted by Gasteiger charge is 2.26. The Labute approximate surface area is 61.6 Å². The summed E-state index contributed by atoms with van der Waals surface area (Å²) in [4.78, 5) is 10.2. The summed E-state index contributed by atoms with van der Waals surface area (Å²) in [5, 5.41) is 0. The van der Waals surface area contributed by atoms with Crippen LogP contribution in [-0.2, 0) is 9.53 Å². The molecule has 0 aromatic rings. The molecule has 1 rings (SSSR count). The van der Waals surface area contributed by atoms with Crippen molar-refractivity contribution >= 4 is 6.29 Å². The lowest BCUT2D eigenvalue weighted by atomic mass is 9.85. The lowest BCUT2D eigenvalue weighted by Crippen LogP contribution is -2.32. The van der Waals surface area contributed by atoms with Gasteiger partial charge in [0.2, 0.25) is 0 Å². The number of aldehydes is 1. The Morgan fingerprint density at radius 3 is 2.70 bits per heavy atom. The molecule has 1 saturated heterocycles. The third-order valence-electron chi connectivity index (χ3n) is 1.95. The highest BCUT2D eigenvalue weighted by molar-refractivity contribution is 5.56. The molecule has 0 spiro atoms. The molecule has 0 aliphatic carbocycles. The fourth-order valence-electron chi connectivity index (χ4n) is 1.13. The molecule has 1 unspecified atom stereocenters. The van der Waals surface area contributed by atoms with Crippen LogP contribution in [0.5, 0.6) is 0 Å². The normalized spacial score (nSPS) is 31.6. The zero-order chi connectivity index (χ0) is 7.61. The van der Waals surface area contributed by atoms with Gasteiger partial charge in [0.05, 0.1) is 6.61 Å². The second kappa shape index (κ2) is 2.70. The average Bonchev–Trinajstić information content (AvgIpc) is 1.88. The molecule has 1 heterocycles. The Balaban J connectivity index is 2.38. The second-order valence-corrected chi connectivity index (χ2v) is 3.69. The van der Waals surface area contributed by atoms with E-state index in [9.17, 15) is 4.79 Å². The van der Waals surface area contributed by atoms with Crippen molar-refractivity contribution in [2.24, 2.45) is 5.41 Å². The lowest BCUT2D eigenvalue weighted by molar-refractivity contribution is -0.125. The minimum absolute atomic E-state index is 0.131. The number of carbonyl (C=O) groups is 1. The smallest absolute Gasteiger partial charge is 0.148 e. The monoisotopic (exact) mass is 142 g/mol. The maximum atomic E-state index is 10.2. The minimum Gasteiger partial charge on any atom is -0.370 e. The van der Waals surface area contributed by atoms with Crippen LogP contribution in [0.4, 0.5) is 0 Å². The van der Waals surface area contributed by atoms with E-state index in [1.165, 1.54) is 0 Å². The summed E-state index contributed by atoms with van der Waals surface area (Å²) in [5.74, 6) is 0. The maximum Gasteiger partial charge on any atom is 0.148 e. The zero-order valence-corrected chi connectivity index (χ0v) is 6.59. The van der Waals surface area contributed by atoms with Crippen molar-refractivity contribution in [1.29, 1.82) is 0 Å². The molecule has 0 radical (unpaired) electrons. The molecule has 2 nitrogen and oxygen atoms in total. The van der Waals surface area contributed by atoms with Gasteiger partial charge in [0.25, 0.3) is 0 Å². The van der Waals surface area contributed by atoms with Gasteiger partial charge in [-0.05, 0) is 18.3 Å². The van der Waals surface area contributed by atoms with Crippen LogP contribution in [0.3, 0.4) is 0 Å². The second-order valence-electron chi connectivity index (χ2n) is 3.69. The largest absolute Gasteiger partial charge is 0.370 e. The summed E-state index contributed by atoms with van der Waals surface area (Å²) in [6.45, 7) is 5.04. The summed E-state index contributed by atoms with van der Waals surface area (Å²) in [6, 6.07) is 0. The van der Waals surface area contributed by atoms with E-state index in [1.54, 1.807) is 0 Å². The van der Waals surface area contributed by atoms with Crippen LogP contribution < -0.4 is 0 Å². The first-order valence-electron chi connectivity index (χ1n) is 3.71. The van der Waals surface area contributed by atoms with Crippen LogP contribution in [0.15, 0.2) is 0 Å². The van der Waals surface area contributed by atoms with E-state index in [0.29, 0.717) is 0 Å². The molecule has 58 valence electrons. The fraction of sp³-hybridized carbons (Fsp3) is 0.875. The molecule has 0 bridgehead atoms. The van der Waals surface area contributed by atoms with Gasteiger partial charge in [0, 0.05) is 0 Å². The third kappa shape index (κ3) is 1.81. The quantitative estimate of drug-likeness (QED) is 0.517. The first-order valence-corrected chi connectivity index (χ1v) is 3.71. The van der Waals surface area contributed by atoms with E-state index in [1.807, 2.05) is 0 Å². The molecule has 0 N–H and O–H groups in total. The van der Waals surface area contributed by atoms with Crippen LogP contribution >= 0.6 is 0 Å². The predicted octanol–water partition coefficient (Wildman–Crippen LogP) is 1.39. The van der Waals surface area contributed by atoms with Gasteiger partial charge in [-0.2, -0.15) is 0 Å². The molecule has 1 atom stereocenters. The Bertz CT molecular complexity index is 119. The van der Waals surface area contributed by atoms with Crippen LogP contribution in [-0.4, -0.2) is 19.0 Å². The summed E-state index contributed by atoms with van der Waals surface area (Å²) in [6.07, 6.45) is 2.75. The Morgan fingerprint density at radius 1 is 1.60 bits per heavy atom. The standard InChI is InChI=1S/C8H14O2/c1-8(2)4-3-7(5-9)10-6-8/h5,7H,3-4,6H2,1-2H3. The first-order chi connectivity index (χ1) is 4.64. The lowest BCUT2D eigenvalue weighted by Gasteiger charge is -2.32. The Morgan fingerprint density at radius 2 is 2.30 bits per heavy atom. The minimum atomic E-state index is -0.131. The number of ether oxygens (including phenoxy) is 1. The highest BCUT2D eigenvalue weighted by Crippen LogP contribution is 2.28. The molecular weight excluding hydrogens is 128 g/mol. The summed E-state index contributed by atoms with van der Waals surface area (Å²) in [7, 11) is 0. The van der Waals surface area contributed by atoms with E-state index in [-0.39, 0.29) is 11.5 Å². The van der Waals surface area contributed by atoms with E-state index in [2.05, 4.69) is 13.8 Å². The SMILES string of the molecule is CC1(C)CCC(C=O)OC1. The molecule has 1 aliphatic rings. The highest BCUT2D eigenvalue weighted by atomic mass is 16.5. The van der Waals surface area contributed by atoms with Crippen molar-refractivity contribution in [3.8, 4) is 0 Å². The Hall–Kier alpha value is -0.370. The average molecular weight is 142 g/mol. The van der Waals surface area contributed by atoms with Crippen molar-refractivity contribution in [3.63, 3.8) is 0 Å². The summed E-state index contributed by atoms with van der Waals surface area (Å²) < 4.78 is 5.27. The van der Waals surface area contributed by atoms with Crippen molar-refractivity contribution in [1.82, 2.24) is 0 Å². The zero-order valence-electron chi connectivity index (χ0n) is 6.59. The van der Waals surface area contributed by atoms with Crippen molar-refractivity contribution < 1.29 is 9.53 Å². The molecule has 1 aliphatic heterocycles. The van der Waals surface area contributed by atoms with Crippen LogP contribution in [0, 0.1) is 5.41 Å². The molecule has 10 heavy (non-hydrogen) atoms. The molecule has 0 aromatic heterocycles. The molecule has 1 fully saturated rings. The number of rotatable bonds is 1. The van der Waals surface area contributed by atoms with Crippen molar-refractivity contribution in [2.45, 2.75) is 32.8 Å². The van der Waals surface area contributed by atoms with E-state index < -0.39 is 0 Å². The molecule has 0 amide bonds. The van der Waals surface area contributed by atoms with Gasteiger partial charge < -0.3 is 9.53 Å². The summed E-state index contributed by atoms with van der Waals surface area (Å²) in [5.41, 5.74) is 0.277. The topological polar surface area (TPSA) is 26.3 Å². The van der Waals surface area contributed by atoms with Crippen LogP contribution in [0.2, 0.25) is 0 Å². The van der Waals surface area contributed by atoms with Gasteiger partial charge in [0.15, 0.2) is 0 Å². The maximum absolute atomic E-state index is 10.2. The summed E-state index contributed by atoms with van der Waals surface area (Å²) >= 11 is 0. The van der Waals surface area contributed by atoms with Crippen molar-refractivity contribution in [2.75, 3.05) is 6.61 Å². The molecule has 0 saturated carbocycles. The van der Waals surface area contributed by atoms with Gasteiger partial charge in [-0.1, -0.05) is 13.8 Å². The molecule has 2 heteroatoms. The van der Waals surface area contributed by atoms with Crippen LogP contribution in [0.25, 0.3) is 0 Å². The van der Waals surface area contributed by atoms with E-state index in [0.717, 1.165) is 25.7 Å². The number of hydrogen-bond donors (Lipinski definition) is 0. The van der Waals surface area contributed by atoms with Gasteiger partial charge in [-0.25, -0.2) is 0 Å².